The molecule has 2 heterocycles. The van der Waals surface area contributed by atoms with E-state index in [9.17, 15) is 0 Å². The molecule has 1 aromatic heterocycles. The van der Waals surface area contributed by atoms with E-state index < -0.39 is 0 Å². The van der Waals surface area contributed by atoms with Crippen molar-refractivity contribution in [2.75, 3.05) is 18.1 Å². The SMILES string of the molecule is CC1(c2ncc(CCN)o2)CCSCC1. The van der Waals surface area contributed by atoms with E-state index in [4.69, 9.17) is 10.2 Å². The van der Waals surface area contributed by atoms with E-state index in [1.165, 1.54) is 24.3 Å². The van der Waals surface area contributed by atoms with Crippen molar-refractivity contribution in [2.24, 2.45) is 5.73 Å². The number of nitrogens with two attached hydrogens (primary N) is 1. The molecule has 1 saturated heterocycles. The molecule has 1 aliphatic rings. The van der Waals surface area contributed by atoms with Crippen LogP contribution in [0.2, 0.25) is 0 Å². The number of thioether (sulfide) groups is 1. The highest BCUT2D eigenvalue weighted by Gasteiger charge is 2.33. The second kappa shape index (κ2) is 4.58. The van der Waals surface area contributed by atoms with E-state index in [-0.39, 0.29) is 5.41 Å². The Balaban J connectivity index is 2.12. The normalized spacial score (nSPS) is 20.4. The fourth-order valence-corrected chi connectivity index (χ4v) is 3.27. The van der Waals surface area contributed by atoms with Crippen LogP contribution in [0.1, 0.15) is 31.4 Å². The minimum Gasteiger partial charge on any atom is -0.445 e. The highest BCUT2D eigenvalue weighted by molar-refractivity contribution is 7.99. The summed E-state index contributed by atoms with van der Waals surface area (Å²) in [5, 5.41) is 0. The average molecular weight is 226 g/mol. The predicted molar refractivity (Wildman–Crippen MR) is 63.2 cm³/mol. The van der Waals surface area contributed by atoms with Crippen molar-refractivity contribution in [1.82, 2.24) is 4.98 Å². The van der Waals surface area contributed by atoms with E-state index in [1.54, 1.807) is 0 Å². The van der Waals surface area contributed by atoms with Crippen LogP contribution in [0.4, 0.5) is 0 Å². The van der Waals surface area contributed by atoms with Crippen LogP contribution >= 0.6 is 11.8 Å². The lowest BCUT2D eigenvalue weighted by Gasteiger charge is -2.29. The van der Waals surface area contributed by atoms with Gasteiger partial charge in [-0.15, -0.1) is 0 Å². The second-order valence-electron chi connectivity index (χ2n) is 4.34. The van der Waals surface area contributed by atoms with E-state index in [0.29, 0.717) is 6.54 Å². The van der Waals surface area contributed by atoms with Crippen molar-refractivity contribution < 1.29 is 4.42 Å². The lowest BCUT2D eigenvalue weighted by molar-refractivity contribution is 0.313. The van der Waals surface area contributed by atoms with Crippen LogP contribution < -0.4 is 5.73 Å². The van der Waals surface area contributed by atoms with Gasteiger partial charge in [0, 0.05) is 11.8 Å². The third kappa shape index (κ3) is 2.37. The molecule has 3 nitrogen and oxygen atoms in total. The third-order valence-electron chi connectivity index (χ3n) is 3.06. The molecule has 0 saturated carbocycles. The molecule has 4 heteroatoms. The summed E-state index contributed by atoms with van der Waals surface area (Å²) in [6.45, 7) is 2.88. The first kappa shape index (κ1) is 11.0. The maximum atomic E-state index is 5.77. The van der Waals surface area contributed by atoms with E-state index in [0.717, 1.165) is 18.1 Å². The van der Waals surface area contributed by atoms with Crippen molar-refractivity contribution in [1.29, 1.82) is 0 Å². The van der Waals surface area contributed by atoms with E-state index >= 15 is 0 Å². The first-order valence-electron chi connectivity index (χ1n) is 5.47. The summed E-state index contributed by atoms with van der Waals surface area (Å²) >= 11 is 2.02. The summed E-state index contributed by atoms with van der Waals surface area (Å²) in [7, 11) is 0. The summed E-state index contributed by atoms with van der Waals surface area (Å²) < 4.78 is 5.77. The Labute approximate surface area is 94.8 Å². The van der Waals surface area contributed by atoms with Gasteiger partial charge < -0.3 is 10.2 Å². The molecule has 0 unspecified atom stereocenters. The van der Waals surface area contributed by atoms with Gasteiger partial charge in [-0.25, -0.2) is 4.98 Å². The zero-order valence-electron chi connectivity index (χ0n) is 9.16. The Kier molecular flexibility index (Phi) is 3.36. The van der Waals surface area contributed by atoms with Crippen LogP contribution in [0.5, 0.6) is 0 Å². The third-order valence-corrected chi connectivity index (χ3v) is 4.04. The Morgan fingerprint density at radius 3 is 2.93 bits per heavy atom. The lowest BCUT2D eigenvalue weighted by Crippen LogP contribution is -2.27. The fourth-order valence-electron chi connectivity index (χ4n) is 1.88. The van der Waals surface area contributed by atoms with Crippen molar-refractivity contribution in [2.45, 2.75) is 31.6 Å². The molecule has 0 atom stereocenters. The van der Waals surface area contributed by atoms with Gasteiger partial charge in [0.25, 0.3) is 0 Å². The lowest BCUT2D eigenvalue weighted by atomic mass is 9.84. The van der Waals surface area contributed by atoms with Crippen molar-refractivity contribution in [3.63, 3.8) is 0 Å². The topological polar surface area (TPSA) is 52.0 Å². The van der Waals surface area contributed by atoms with Crippen molar-refractivity contribution in [3.05, 3.63) is 17.8 Å². The Bertz CT molecular complexity index is 318. The van der Waals surface area contributed by atoms with Crippen molar-refractivity contribution >= 4 is 11.8 Å². The highest BCUT2D eigenvalue weighted by Crippen LogP contribution is 2.37. The molecule has 0 bridgehead atoms. The molecule has 2 rings (SSSR count). The smallest absolute Gasteiger partial charge is 0.200 e. The van der Waals surface area contributed by atoms with Gasteiger partial charge in [0.2, 0.25) is 0 Å². The number of hydrogen-bond donors (Lipinski definition) is 1. The van der Waals surface area contributed by atoms with Crippen LogP contribution in [0.3, 0.4) is 0 Å². The second-order valence-corrected chi connectivity index (χ2v) is 5.57. The van der Waals surface area contributed by atoms with Gasteiger partial charge in [-0.2, -0.15) is 11.8 Å². The first-order valence-corrected chi connectivity index (χ1v) is 6.63. The standard InChI is InChI=1S/C11H18N2OS/c1-11(3-6-15-7-4-11)10-13-8-9(14-10)2-5-12/h8H,2-7,12H2,1H3. The van der Waals surface area contributed by atoms with Crippen LogP contribution in [0.25, 0.3) is 0 Å². The molecule has 0 amide bonds. The number of hydrogen-bond acceptors (Lipinski definition) is 4. The summed E-state index contributed by atoms with van der Waals surface area (Å²) in [6.07, 6.45) is 4.95. The molecule has 0 spiro atoms. The van der Waals surface area contributed by atoms with Crippen molar-refractivity contribution in [3.8, 4) is 0 Å². The zero-order valence-corrected chi connectivity index (χ0v) is 9.98. The van der Waals surface area contributed by atoms with Gasteiger partial charge in [-0.3, -0.25) is 0 Å². The Morgan fingerprint density at radius 1 is 1.53 bits per heavy atom. The minimum absolute atomic E-state index is 0.151. The number of nitrogens with zero attached hydrogens (tertiary/aromatic N) is 1. The maximum absolute atomic E-state index is 5.77. The molecule has 0 aromatic carbocycles. The Hall–Kier alpha value is -0.480. The number of rotatable bonds is 3. The minimum atomic E-state index is 0.151. The fraction of sp³-hybridized carbons (Fsp3) is 0.727. The van der Waals surface area contributed by atoms with Crippen LogP contribution in [-0.2, 0) is 11.8 Å². The molecule has 0 aliphatic carbocycles. The van der Waals surface area contributed by atoms with Crippen LogP contribution in [0, 0.1) is 0 Å². The molecule has 1 aromatic rings. The van der Waals surface area contributed by atoms with Gasteiger partial charge in [-0.05, 0) is 30.9 Å². The van der Waals surface area contributed by atoms with Gasteiger partial charge in [-0.1, -0.05) is 6.92 Å². The highest BCUT2D eigenvalue weighted by atomic mass is 32.2. The van der Waals surface area contributed by atoms with Gasteiger partial charge in [0.1, 0.15) is 5.76 Å². The molecular weight excluding hydrogens is 208 g/mol. The Morgan fingerprint density at radius 2 is 2.27 bits per heavy atom. The predicted octanol–water partition coefficient (Wildman–Crippen LogP) is 1.96. The largest absolute Gasteiger partial charge is 0.445 e. The average Bonchev–Trinajstić information content (AvgIpc) is 2.69. The van der Waals surface area contributed by atoms with Crippen LogP contribution in [-0.4, -0.2) is 23.0 Å². The van der Waals surface area contributed by atoms with Gasteiger partial charge in [0.15, 0.2) is 5.89 Å². The molecule has 15 heavy (non-hydrogen) atoms. The summed E-state index contributed by atoms with van der Waals surface area (Å²) in [6, 6.07) is 0. The monoisotopic (exact) mass is 226 g/mol. The maximum Gasteiger partial charge on any atom is 0.200 e. The number of aromatic nitrogens is 1. The molecular formula is C11H18N2OS. The quantitative estimate of drug-likeness (QED) is 0.856. The summed E-state index contributed by atoms with van der Waals surface area (Å²) in [5.74, 6) is 4.26. The summed E-state index contributed by atoms with van der Waals surface area (Å²) in [5.41, 5.74) is 5.64. The van der Waals surface area contributed by atoms with E-state index in [2.05, 4.69) is 11.9 Å². The molecule has 84 valence electrons. The molecule has 0 radical (unpaired) electrons. The molecule has 1 aliphatic heterocycles. The zero-order chi connectivity index (χ0) is 10.7. The van der Waals surface area contributed by atoms with Gasteiger partial charge in [0.05, 0.1) is 6.20 Å². The number of oxazole rings is 1. The molecule has 2 N–H and O–H groups in total. The van der Waals surface area contributed by atoms with Gasteiger partial charge >= 0.3 is 0 Å². The first-order chi connectivity index (χ1) is 7.24. The molecule has 1 fully saturated rings. The van der Waals surface area contributed by atoms with E-state index in [1.807, 2.05) is 18.0 Å². The summed E-state index contributed by atoms with van der Waals surface area (Å²) in [4.78, 5) is 4.40. The van der Waals surface area contributed by atoms with Crippen LogP contribution in [0.15, 0.2) is 10.6 Å².